The second kappa shape index (κ2) is 10.6. The van der Waals surface area contributed by atoms with Crippen molar-refractivity contribution in [2.75, 3.05) is 12.3 Å². The van der Waals surface area contributed by atoms with E-state index < -0.39 is 35.2 Å². The first-order chi connectivity index (χ1) is 19.4. The Bertz CT molecular complexity index is 1840. The van der Waals surface area contributed by atoms with Gasteiger partial charge in [-0.3, -0.25) is 18.7 Å². The number of para-hydroxylation sites is 1. The number of esters is 1. The van der Waals surface area contributed by atoms with Gasteiger partial charge in [0.2, 0.25) is 5.78 Å². The molecule has 0 spiro atoms. The smallest absolute Gasteiger partial charge is 0.339 e. The summed E-state index contributed by atoms with van der Waals surface area (Å²) in [5.41, 5.74) is 7.61. The summed E-state index contributed by atoms with van der Waals surface area (Å²) in [6.45, 7) is 5.86. The molecule has 0 bridgehead atoms. The Labute approximate surface area is 240 Å². The van der Waals surface area contributed by atoms with Crippen molar-refractivity contribution >= 4 is 51.5 Å². The lowest BCUT2D eigenvalue weighted by Gasteiger charge is -2.36. The highest BCUT2D eigenvalue weighted by molar-refractivity contribution is 7.10. The van der Waals surface area contributed by atoms with E-state index in [1.165, 1.54) is 14.1 Å². The van der Waals surface area contributed by atoms with Crippen LogP contribution >= 0.6 is 11.3 Å². The van der Waals surface area contributed by atoms with Crippen LogP contribution in [-0.2, 0) is 25.3 Å². The number of ether oxygens (including phenoxy) is 1. The molecule has 0 radical (unpaired) electrons. The minimum absolute atomic E-state index is 0.0458. The van der Waals surface area contributed by atoms with E-state index in [2.05, 4.69) is 32.9 Å². The number of fused-ring (bicyclic) bond motifs is 2. The van der Waals surface area contributed by atoms with Gasteiger partial charge in [-0.25, -0.2) is 14.6 Å². The number of nitrogens with two attached hydrogens (primary N) is 1. The number of pyridine rings is 1. The summed E-state index contributed by atoms with van der Waals surface area (Å²) in [7, 11) is 2.62. The number of carbonyl (C=O) groups is 2. The average molecular weight is 573 g/mol. The van der Waals surface area contributed by atoms with Crippen LogP contribution in [0.3, 0.4) is 0 Å². The van der Waals surface area contributed by atoms with Crippen LogP contribution in [0.5, 0.6) is 0 Å². The highest BCUT2D eigenvalue weighted by Gasteiger charge is 2.35. The third-order valence-corrected chi connectivity index (χ3v) is 8.65. The number of hydrogen-bond donors (Lipinski definition) is 1. The van der Waals surface area contributed by atoms with E-state index in [4.69, 9.17) is 15.5 Å². The number of aromatic nitrogens is 3. The third kappa shape index (κ3) is 5.15. The van der Waals surface area contributed by atoms with E-state index in [0.717, 1.165) is 37.3 Å². The zero-order valence-corrected chi connectivity index (χ0v) is 24.5. The van der Waals surface area contributed by atoms with Crippen molar-refractivity contribution in [2.45, 2.75) is 33.6 Å². The molecule has 1 atom stereocenters. The normalized spacial score (nSPS) is 16.1. The fourth-order valence-electron chi connectivity index (χ4n) is 5.31. The highest BCUT2D eigenvalue weighted by Crippen LogP contribution is 2.45. The molecule has 0 saturated carbocycles. The Kier molecular flexibility index (Phi) is 7.29. The molecule has 212 valence electrons. The second-order valence-corrected chi connectivity index (χ2v) is 12.4. The molecule has 1 aliphatic carbocycles. The Morgan fingerprint density at radius 2 is 1.80 bits per heavy atom. The van der Waals surface area contributed by atoms with Crippen molar-refractivity contribution in [3.63, 3.8) is 0 Å². The second-order valence-electron chi connectivity index (χ2n) is 11.5. The van der Waals surface area contributed by atoms with Crippen molar-refractivity contribution in [1.82, 2.24) is 14.1 Å². The SMILES string of the molecule is Cn1c(N)c(C(=O)COC(=O)c2c3c(nc4ccccc24)/C(=C/c2cccs2)CC(C(C)(C)C)C3)c(=O)n(C)c1=O. The molecule has 10 heteroatoms. The van der Waals surface area contributed by atoms with Gasteiger partial charge in [0, 0.05) is 24.4 Å². The molecule has 0 aliphatic heterocycles. The Balaban J connectivity index is 1.60. The number of carbonyl (C=O) groups excluding carboxylic acids is 2. The maximum atomic E-state index is 13.8. The van der Waals surface area contributed by atoms with Gasteiger partial charge >= 0.3 is 11.7 Å². The minimum Gasteiger partial charge on any atom is -0.454 e. The van der Waals surface area contributed by atoms with Gasteiger partial charge < -0.3 is 10.5 Å². The predicted molar refractivity (Wildman–Crippen MR) is 161 cm³/mol. The van der Waals surface area contributed by atoms with Gasteiger partial charge in [0.05, 0.1) is 16.8 Å². The standard InChI is InChI=1S/C31H32N4O5S/c1-31(2,3)18-13-17(14-19-9-8-12-41-19)26-21(15-18)24(20-10-6-7-11-22(20)33-26)29(38)40-16-23(36)25-27(32)34(4)30(39)35(5)28(25)37/h6-12,14,18H,13,15-16,32H2,1-5H3/b17-14+. The number of benzene rings is 1. The fourth-order valence-corrected chi connectivity index (χ4v) is 5.99. The summed E-state index contributed by atoms with van der Waals surface area (Å²) in [5, 5.41) is 2.65. The molecular weight excluding hydrogens is 540 g/mol. The van der Waals surface area contributed by atoms with Gasteiger partial charge in [0.15, 0.2) is 6.61 Å². The molecular formula is C31H32N4O5S. The van der Waals surface area contributed by atoms with Crippen LogP contribution in [0.25, 0.3) is 22.6 Å². The largest absolute Gasteiger partial charge is 0.454 e. The topological polar surface area (TPSA) is 126 Å². The lowest BCUT2D eigenvalue weighted by atomic mass is 9.69. The van der Waals surface area contributed by atoms with Crippen LogP contribution in [0.15, 0.2) is 51.4 Å². The molecule has 0 saturated heterocycles. The van der Waals surface area contributed by atoms with Gasteiger partial charge in [-0.05, 0) is 58.9 Å². The number of ketones is 1. The molecule has 3 heterocycles. The summed E-state index contributed by atoms with van der Waals surface area (Å²) in [4.78, 5) is 57.8. The summed E-state index contributed by atoms with van der Waals surface area (Å²) in [6, 6.07) is 11.4. The molecule has 9 nitrogen and oxygen atoms in total. The maximum absolute atomic E-state index is 13.8. The number of allylic oxidation sites excluding steroid dienone is 1. The van der Waals surface area contributed by atoms with Crippen molar-refractivity contribution in [1.29, 1.82) is 0 Å². The number of rotatable bonds is 5. The number of nitrogen functional groups attached to an aromatic ring is 1. The third-order valence-electron chi connectivity index (χ3n) is 7.83. The van der Waals surface area contributed by atoms with Crippen molar-refractivity contribution in [3.05, 3.63) is 89.9 Å². The van der Waals surface area contributed by atoms with Gasteiger partial charge in [-0.2, -0.15) is 0 Å². The van der Waals surface area contributed by atoms with E-state index in [0.29, 0.717) is 22.9 Å². The van der Waals surface area contributed by atoms with Crippen molar-refractivity contribution < 1.29 is 14.3 Å². The summed E-state index contributed by atoms with van der Waals surface area (Å²) in [5.74, 6) is -1.52. The number of hydrogen-bond acceptors (Lipinski definition) is 8. The summed E-state index contributed by atoms with van der Waals surface area (Å²) >= 11 is 1.64. The molecule has 4 aromatic rings. The zero-order valence-electron chi connectivity index (χ0n) is 23.7. The lowest BCUT2D eigenvalue weighted by Crippen LogP contribution is -2.42. The van der Waals surface area contributed by atoms with E-state index in [1.807, 2.05) is 35.7 Å². The molecule has 1 aliphatic rings. The Morgan fingerprint density at radius 1 is 1.07 bits per heavy atom. The number of Topliss-reactive ketones (excluding diaryl/α,β-unsaturated/α-hetero) is 1. The molecule has 3 aromatic heterocycles. The minimum atomic E-state index is -0.838. The van der Waals surface area contributed by atoms with E-state index in [-0.39, 0.29) is 17.2 Å². The molecule has 1 unspecified atom stereocenters. The van der Waals surface area contributed by atoms with Gasteiger partial charge in [0.25, 0.3) is 5.56 Å². The zero-order chi connectivity index (χ0) is 29.6. The van der Waals surface area contributed by atoms with Gasteiger partial charge in [0.1, 0.15) is 11.4 Å². The van der Waals surface area contributed by atoms with Gasteiger partial charge in [-0.15, -0.1) is 11.3 Å². The first-order valence-electron chi connectivity index (χ1n) is 13.3. The van der Waals surface area contributed by atoms with Crippen molar-refractivity contribution in [2.24, 2.45) is 25.4 Å². The van der Waals surface area contributed by atoms with E-state index in [9.17, 15) is 19.2 Å². The average Bonchev–Trinajstić information content (AvgIpc) is 3.45. The number of nitrogens with zero attached hydrogens (tertiary/aromatic N) is 3. The molecule has 0 amide bonds. The molecule has 0 fully saturated rings. The predicted octanol–water partition coefficient (Wildman–Crippen LogP) is 4.46. The summed E-state index contributed by atoms with van der Waals surface area (Å²) in [6.07, 6.45) is 3.56. The van der Waals surface area contributed by atoms with Crippen LogP contribution in [0.4, 0.5) is 5.82 Å². The molecule has 1 aromatic carbocycles. The quantitative estimate of drug-likeness (QED) is 0.276. The molecule has 41 heavy (non-hydrogen) atoms. The molecule has 2 N–H and O–H groups in total. The first kappa shape index (κ1) is 28.2. The van der Waals surface area contributed by atoms with E-state index >= 15 is 0 Å². The summed E-state index contributed by atoms with van der Waals surface area (Å²) < 4.78 is 7.38. The lowest BCUT2D eigenvalue weighted by molar-refractivity contribution is 0.0474. The van der Waals surface area contributed by atoms with Crippen LogP contribution in [0.2, 0.25) is 0 Å². The van der Waals surface area contributed by atoms with Crippen LogP contribution in [-0.4, -0.2) is 32.5 Å². The molecule has 5 rings (SSSR count). The highest BCUT2D eigenvalue weighted by atomic mass is 32.1. The van der Waals surface area contributed by atoms with Crippen molar-refractivity contribution in [3.8, 4) is 0 Å². The van der Waals surface area contributed by atoms with E-state index in [1.54, 1.807) is 11.3 Å². The fraction of sp³-hybridized carbons (Fsp3) is 0.323. The first-order valence-corrected chi connectivity index (χ1v) is 14.2. The number of thiophene rings is 1. The Hall–Kier alpha value is -4.31. The Morgan fingerprint density at radius 3 is 2.49 bits per heavy atom. The monoisotopic (exact) mass is 572 g/mol. The van der Waals surface area contributed by atoms with Crippen LogP contribution < -0.4 is 17.0 Å². The maximum Gasteiger partial charge on any atom is 0.339 e. The van der Waals surface area contributed by atoms with Crippen LogP contribution in [0, 0.1) is 11.3 Å². The van der Waals surface area contributed by atoms with Crippen LogP contribution in [0.1, 0.15) is 64.0 Å². The van der Waals surface area contributed by atoms with Gasteiger partial charge in [-0.1, -0.05) is 45.0 Å². The number of anilines is 1.